The Morgan fingerprint density at radius 1 is 0.929 bits per heavy atom. The third kappa shape index (κ3) is 3.88. The van der Waals surface area contributed by atoms with E-state index in [0.717, 1.165) is 32.4 Å². The second-order valence-corrected chi connectivity index (χ2v) is 8.07. The molecule has 0 aliphatic heterocycles. The first-order chi connectivity index (χ1) is 13.5. The summed E-state index contributed by atoms with van der Waals surface area (Å²) >= 11 is 1.53. The molecule has 28 heavy (non-hydrogen) atoms. The third-order valence-corrected chi connectivity index (χ3v) is 5.99. The van der Waals surface area contributed by atoms with Gasteiger partial charge >= 0.3 is 0 Å². The maximum absolute atomic E-state index is 10.8. The first-order valence-electron chi connectivity index (χ1n) is 9.19. The van der Waals surface area contributed by atoms with Gasteiger partial charge in [0.1, 0.15) is 16.8 Å². The van der Waals surface area contributed by atoms with Gasteiger partial charge in [-0.2, -0.15) is 0 Å². The lowest BCUT2D eigenvalue weighted by atomic mass is 10.1. The SMILES string of the molecule is Cc1ccc(-c2cn(CC(O)c3sc(-c4ccc(C)cc4)nc3C)nn2)cc1. The van der Waals surface area contributed by atoms with E-state index in [2.05, 4.69) is 65.5 Å². The summed E-state index contributed by atoms with van der Waals surface area (Å²) in [6.45, 7) is 6.40. The van der Waals surface area contributed by atoms with Crippen LogP contribution in [0.3, 0.4) is 0 Å². The molecule has 0 aliphatic rings. The number of benzene rings is 2. The van der Waals surface area contributed by atoms with Crippen LogP contribution in [0.1, 0.15) is 27.8 Å². The quantitative estimate of drug-likeness (QED) is 0.535. The molecule has 0 spiro atoms. The topological polar surface area (TPSA) is 63.8 Å². The molecule has 1 unspecified atom stereocenters. The lowest BCUT2D eigenvalue weighted by molar-refractivity contribution is 0.153. The largest absolute Gasteiger partial charge is 0.386 e. The van der Waals surface area contributed by atoms with E-state index in [0.29, 0.717) is 6.54 Å². The summed E-state index contributed by atoms with van der Waals surface area (Å²) in [5.74, 6) is 0. The average molecular weight is 391 g/mol. The summed E-state index contributed by atoms with van der Waals surface area (Å²) < 4.78 is 1.69. The highest BCUT2D eigenvalue weighted by molar-refractivity contribution is 7.15. The molecule has 0 bridgehead atoms. The number of aromatic nitrogens is 4. The molecule has 2 aromatic carbocycles. The van der Waals surface area contributed by atoms with Crippen LogP contribution in [0.4, 0.5) is 0 Å². The lowest BCUT2D eigenvalue weighted by Crippen LogP contribution is -2.09. The minimum absolute atomic E-state index is 0.342. The van der Waals surface area contributed by atoms with E-state index >= 15 is 0 Å². The van der Waals surface area contributed by atoms with Gasteiger partial charge in [-0.3, -0.25) is 0 Å². The molecule has 1 N–H and O–H groups in total. The molecule has 0 radical (unpaired) electrons. The molecule has 4 rings (SSSR count). The second kappa shape index (κ2) is 7.66. The number of hydrogen-bond acceptors (Lipinski definition) is 5. The van der Waals surface area contributed by atoms with Gasteiger partial charge in [-0.25, -0.2) is 9.67 Å². The highest BCUT2D eigenvalue weighted by atomic mass is 32.1. The van der Waals surface area contributed by atoms with Gasteiger partial charge in [0.2, 0.25) is 0 Å². The summed E-state index contributed by atoms with van der Waals surface area (Å²) in [6.07, 6.45) is 1.19. The number of aliphatic hydroxyl groups is 1. The van der Waals surface area contributed by atoms with Crippen molar-refractivity contribution >= 4 is 11.3 Å². The van der Waals surface area contributed by atoms with Crippen LogP contribution in [0, 0.1) is 20.8 Å². The fourth-order valence-electron chi connectivity index (χ4n) is 3.04. The molecule has 5 nitrogen and oxygen atoms in total. The minimum Gasteiger partial charge on any atom is -0.386 e. The van der Waals surface area contributed by atoms with Gasteiger partial charge < -0.3 is 5.11 Å². The fraction of sp³-hybridized carbons (Fsp3) is 0.227. The Kier molecular flexibility index (Phi) is 5.07. The van der Waals surface area contributed by atoms with E-state index < -0.39 is 6.10 Å². The fourth-order valence-corrected chi connectivity index (χ4v) is 4.09. The molecule has 6 heteroatoms. The van der Waals surface area contributed by atoms with E-state index in [-0.39, 0.29) is 0 Å². The molecule has 0 saturated heterocycles. The van der Waals surface area contributed by atoms with E-state index in [9.17, 15) is 5.11 Å². The maximum atomic E-state index is 10.8. The highest BCUT2D eigenvalue weighted by Crippen LogP contribution is 2.32. The maximum Gasteiger partial charge on any atom is 0.123 e. The summed E-state index contributed by atoms with van der Waals surface area (Å²) in [6, 6.07) is 16.4. The molecule has 2 heterocycles. The number of aryl methyl sites for hydroxylation is 3. The van der Waals surface area contributed by atoms with Crippen molar-refractivity contribution in [2.75, 3.05) is 0 Å². The van der Waals surface area contributed by atoms with Gasteiger partial charge in [0.25, 0.3) is 0 Å². The molecular formula is C22H22N4OS. The summed E-state index contributed by atoms with van der Waals surface area (Å²) in [4.78, 5) is 5.51. The first kappa shape index (κ1) is 18.5. The molecule has 0 fully saturated rings. The van der Waals surface area contributed by atoms with Crippen molar-refractivity contribution in [3.63, 3.8) is 0 Å². The minimum atomic E-state index is -0.677. The summed E-state index contributed by atoms with van der Waals surface area (Å²) in [7, 11) is 0. The predicted molar refractivity (Wildman–Crippen MR) is 112 cm³/mol. The zero-order valence-corrected chi connectivity index (χ0v) is 16.9. The average Bonchev–Trinajstić information content (AvgIpc) is 3.30. The zero-order valence-electron chi connectivity index (χ0n) is 16.1. The third-order valence-electron chi connectivity index (χ3n) is 4.68. The summed E-state index contributed by atoms with van der Waals surface area (Å²) in [5, 5.41) is 20.1. The Bertz CT molecular complexity index is 1080. The van der Waals surface area contributed by atoms with Crippen LogP contribution in [-0.2, 0) is 6.54 Å². The van der Waals surface area contributed by atoms with E-state index in [4.69, 9.17) is 0 Å². The Morgan fingerprint density at radius 3 is 2.18 bits per heavy atom. The van der Waals surface area contributed by atoms with Crippen molar-refractivity contribution in [3.8, 4) is 21.8 Å². The Labute approximate surface area is 168 Å². The van der Waals surface area contributed by atoms with Gasteiger partial charge in [0.05, 0.1) is 23.3 Å². The van der Waals surface area contributed by atoms with Crippen LogP contribution in [0.5, 0.6) is 0 Å². The van der Waals surface area contributed by atoms with E-state index in [1.54, 1.807) is 4.68 Å². The standard InChI is InChI=1S/C22H22N4OS/c1-14-4-8-17(9-5-14)19-12-26(25-24-19)13-20(27)21-16(3)23-22(28-21)18-10-6-15(2)7-11-18/h4-12,20,27H,13H2,1-3H3. The smallest absolute Gasteiger partial charge is 0.123 e. The van der Waals surface area contributed by atoms with Crippen LogP contribution in [0.15, 0.2) is 54.7 Å². The van der Waals surface area contributed by atoms with Gasteiger partial charge in [0, 0.05) is 11.1 Å². The second-order valence-electron chi connectivity index (χ2n) is 7.04. The Balaban J connectivity index is 1.52. The Hall–Kier alpha value is -2.83. The zero-order chi connectivity index (χ0) is 19.7. The van der Waals surface area contributed by atoms with Crippen molar-refractivity contribution in [2.24, 2.45) is 0 Å². The summed E-state index contributed by atoms with van der Waals surface area (Å²) in [5.41, 5.74) is 6.16. The van der Waals surface area contributed by atoms with Crippen LogP contribution in [0.2, 0.25) is 0 Å². The van der Waals surface area contributed by atoms with Crippen molar-refractivity contribution < 1.29 is 5.11 Å². The van der Waals surface area contributed by atoms with Crippen LogP contribution >= 0.6 is 11.3 Å². The molecule has 0 aliphatic carbocycles. The van der Waals surface area contributed by atoms with Crippen LogP contribution in [0.25, 0.3) is 21.8 Å². The van der Waals surface area contributed by atoms with Crippen molar-refractivity contribution in [3.05, 3.63) is 76.4 Å². The monoisotopic (exact) mass is 390 g/mol. The molecular weight excluding hydrogens is 368 g/mol. The number of hydrogen-bond donors (Lipinski definition) is 1. The lowest BCUT2D eigenvalue weighted by Gasteiger charge is -2.08. The van der Waals surface area contributed by atoms with Gasteiger partial charge in [0.15, 0.2) is 0 Å². The van der Waals surface area contributed by atoms with Crippen molar-refractivity contribution in [1.29, 1.82) is 0 Å². The predicted octanol–water partition coefficient (Wildman–Crippen LogP) is 4.73. The normalized spacial score (nSPS) is 12.3. The van der Waals surface area contributed by atoms with Crippen LogP contribution < -0.4 is 0 Å². The molecule has 0 amide bonds. The number of nitrogens with zero attached hydrogens (tertiary/aromatic N) is 4. The molecule has 1 atom stereocenters. The van der Waals surface area contributed by atoms with E-state index in [1.807, 2.05) is 25.3 Å². The van der Waals surface area contributed by atoms with Gasteiger partial charge in [-0.05, 0) is 20.8 Å². The highest BCUT2D eigenvalue weighted by Gasteiger charge is 2.18. The molecule has 4 aromatic rings. The number of aliphatic hydroxyl groups excluding tert-OH is 1. The number of rotatable bonds is 5. The van der Waals surface area contributed by atoms with Gasteiger partial charge in [-0.15, -0.1) is 16.4 Å². The molecule has 0 saturated carbocycles. The Morgan fingerprint density at radius 2 is 1.54 bits per heavy atom. The number of thiazole rings is 1. The first-order valence-corrected chi connectivity index (χ1v) is 10.0. The van der Waals surface area contributed by atoms with Gasteiger partial charge in [-0.1, -0.05) is 64.9 Å². The van der Waals surface area contributed by atoms with Crippen molar-refractivity contribution in [1.82, 2.24) is 20.0 Å². The van der Waals surface area contributed by atoms with Crippen molar-refractivity contribution in [2.45, 2.75) is 33.4 Å². The molecule has 142 valence electrons. The van der Waals surface area contributed by atoms with Crippen LogP contribution in [-0.4, -0.2) is 25.1 Å². The van der Waals surface area contributed by atoms with E-state index in [1.165, 1.54) is 22.5 Å². The molecule has 2 aromatic heterocycles.